The normalized spacial score (nSPS) is 17.8. The number of anilines is 1. The van der Waals surface area contributed by atoms with Crippen molar-refractivity contribution in [1.82, 2.24) is 4.90 Å². The minimum atomic E-state index is -1.20. The number of hydrogen-bond donors (Lipinski definition) is 2. The first-order valence-electron chi connectivity index (χ1n) is 6.66. The molecule has 0 aromatic heterocycles. The van der Waals surface area contributed by atoms with Crippen molar-refractivity contribution in [1.29, 1.82) is 0 Å². The van der Waals surface area contributed by atoms with Gasteiger partial charge in [-0.2, -0.15) is 0 Å². The molecule has 0 bridgehead atoms. The SMILES string of the molecule is CN1C(=O)CC(Sc2ccc(NC(=O)/C=C/C(=O)O)cc2)C1=O. The summed E-state index contributed by atoms with van der Waals surface area (Å²) >= 11 is 1.29. The zero-order chi connectivity index (χ0) is 17.0. The Balaban J connectivity index is 1.95. The summed E-state index contributed by atoms with van der Waals surface area (Å²) in [6, 6.07) is 6.72. The van der Waals surface area contributed by atoms with E-state index >= 15 is 0 Å². The summed E-state index contributed by atoms with van der Waals surface area (Å²) in [5.74, 6) is -2.16. The molecule has 0 saturated carbocycles. The maximum absolute atomic E-state index is 11.8. The van der Waals surface area contributed by atoms with Crippen molar-refractivity contribution in [2.45, 2.75) is 16.6 Å². The van der Waals surface area contributed by atoms with E-state index in [1.54, 1.807) is 24.3 Å². The van der Waals surface area contributed by atoms with Crippen LogP contribution in [0.5, 0.6) is 0 Å². The lowest BCUT2D eigenvalue weighted by Crippen LogP contribution is -2.26. The number of amides is 3. The number of rotatable bonds is 5. The van der Waals surface area contributed by atoms with Gasteiger partial charge in [0.1, 0.15) is 0 Å². The minimum absolute atomic E-state index is 0.179. The fourth-order valence-electron chi connectivity index (χ4n) is 1.93. The van der Waals surface area contributed by atoms with Crippen LogP contribution in [0.3, 0.4) is 0 Å². The zero-order valence-electron chi connectivity index (χ0n) is 12.2. The molecule has 0 aliphatic carbocycles. The van der Waals surface area contributed by atoms with Gasteiger partial charge in [0.15, 0.2) is 0 Å². The van der Waals surface area contributed by atoms with Gasteiger partial charge >= 0.3 is 5.97 Å². The summed E-state index contributed by atoms with van der Waals surface area (Å²) in [5, 5.41) is 10.5. The van der Waals surface area contributed by atoms with E-state index in [2.05, 4.69) is 5.32 Å². The molecule has 0 radical (unpaired) electrons. The Hall–Kier alpha value is -2.61. The molecule has 8 heteroatoms. The first kappa shape index (κ1) is 16.8. The van der Waals surface area contributed by atoms with E-state index < -0.39 is 17.1 Å². The van der Waals surface area contributed by atoms with Crippen LogP contribution in [0.4, 0.5) is 5.69 Å². The number of carboxylic acids is 1. The van der Waals surface area contributed by atoms with Crippen molar-refractivity contribution in [2.75, 3.05) is 12.4 Å². The number of thioether (sulfide) groups is 1. The fourth-order valence-corrected chi connectivity index (χ4v) is 3.03. The average Bonchev–Trinajstić information content (AvgIpc) is 2.74. The van der Waals surface area contributed by atoms with Crippen molar-refractivity contribution in [2.24, 2.45) is 0 Å². The number of hydrogen-bond acceptors (Lipinski definition) is 5. The number of carboxylic acid groups (broad SMARTS) is 1. The number of imide groups is 1. The van der Waals surface area contributed by atoms with Crippen LogP contribution < -0.4 is 5.32 Å². The van der Waals surface area contributed by atoms with Crippen molar-refractivity contribution in [3.63, 3.8) is 0 Å². The summed E-state index contributed by atoms with van der Waals surface area (Å²) in [6.45, 7) is 0. The predicted molar refractivity (Wildman–Crippen MR) is 83.9 cm³/mol. The second-order valence-electron chi connectivity index (χ2n) is 4.79. The predicted octanol–water partition coefficient (Wildman–Crippen LogP) is 1.12. The molecule has 23 heavy (non-hydrogen) atoms. The molecular formula is C15H14N2O5S. The highest BCUT2D eigenvalue weighted by molar-refractivity contribution is 8.00. The molecule has 1 atom stereocenters. The van der Waals surface area contributed by atoms with E-state index in [-0.39, 0.29) is 18.2 Å². The van der Waals surface area contributed by atoms with Gasteiger partial charge in [-0.15, -0.1) is 11.8 Å². The molecule has 120 valence electrons. The Labute approximate surface area is 136 Å². The number of carbonyl (C=O) groups is 4. The van der Waals surface area contributed by atoms with Crippen molar-refractivity contribution >= 4 is 41.1 Å². The third-order valence-electron chi connectivity index (χ3n) is 3.12. The van der Waals surface area contributed by atoms with Crippen molar-refractivity contribution < 1.29 is 24.3 Å². The standard InChI is InChI=1S/C15H14N2O5S/c1-17-13(19)8-11(15(17)22)23-10-4-2-9(3-5-10)16-12(18)6-7-14(20)21/h2-7,11H,8H2,1H3,(H,16,18)(H,20,21)/b7-6+. The Kier molecular flexibility index (Phi) is 5.17. The molecule has 1 fully saturated rings. The molecule has 1 aliphatic rings. The van der Waals surface area contributed by atoms with Gasteiger partial charge in [-0.05, 0) is 24.3 Å². The highest BCUT2D eigenvalue weighted by Crippen LogP contribution is 2.31. The quantitative estimate of drug-likeness (QED) is 0.618. The summed E-state index contributed by atoms with van der Waals surface area (Å²) in [6.07, 6.45) is 1.85. The summed E-state index contributed by atoms with van der Waals surface area (Å²) in [5.41, 5.74) is 0.500. The minimum Gasteiger partial charge on any atom is -0.478 e. The van der Waals surface area contributed by atoms with E-state index in [1.165, 1.54) is 18.8 Å². The van der Waals surface area contributed by atoms with Crippen LogP contribution in [0.1, 0.15) is 6.42 Å². The Morgan fingerprint density at radius 2 is 1.91 bits per heavy atom. The van der Waals surface area contributed by atoms with Gasteiger partial charge in [-0.3, -0.25) is 19.3 Å². The number of likely N-dealkylation sites (tertiary alicyclic amines) is 1. The number of nitrogens with zero attached hydrogens (tertiary/aromatic N) is 1. The van der Waals surface area contributed by atoms with Gasteiger partial charge in [0.2, 0.25) is 17.7 Å². The zero-order valence-corrected chi connectivity index (χ0v) is 13.0. The highest BCUT2D eigenvalue weighted by Gasteiger charge is 2.36. The van der Waals surface area contributed by atoms with Crippen molar-refractivity contribution in [3.8, 4) is 0 Å². The molecule has 1 heterocycles. The molecule has 0 spiro atoms. The number of benzene rings is 1. The topological polar surface area (TPSA) is 104 Å². The largest absolute Gasteiger partial charge is 0.478 e. The van der Waals surface area contributed by atoms with Crippen LogP contribution in [-0.2, 0) is 19.2 Å². The van der Waals surface area contributed by atoms with Gasteiger partial charge in [0.25, 0.3) is 0 Å². The third-order valence-corrected chi connectivity index (χ3v) is 4.31. The number of nitrogens with one attached hydrogen (secondary N) is 1. The van der Waals surface area contributed by atoms with Crippen molar-refractivity contribution in [3.05, 3.63) is 36.4 Å². The molecule has 1 aliphatic heterocycles. The van der Waals surface area contributed by atoms with Gasteiger partial charge in [0, 0.05) is 36.2 Å². The molecule has 7 nitrogen and oxygen atoms in total. The molecule has 2 rings (SSSR count). The fraction of sp³-hybridized carbons (Fsp3) is 0.200. The van der Waals surface area contributed by atoms with Gasteiger partial charge in [-0.25, -0.2) is 4.79 Å². The molecule has 1 aromatic rings. The first-order chi connectivity index (χ1) is 10.9. The lowest BCUT2D eigenvalue weighted by molar-refractivity contribution is -0.136. The van der Waals surface area contributed by atoms with Gasteiger partial charge in [0.05, 0.1) is 5.25 Å². The smallest absolute Gasteiger partial charge is 0.328 e. The second kappa shape index (κ2) is 7.10. The van der Waals surface area contributed by atoms with E-state index in [0.717, 1.165) is 21.9 Å². The van der Waals surface area contributed by atoms with Gasteiger partial charge in [-0.1, -0.05) is 0 Å². The summed E-state index contributed by atoms with van der Waals surface area (Å²) < 4.78 is 0. The highest BCUT2D eigenvalue weighted by atomic mass is 32.2. The summed E-state index contributed by atoms with van der Waals surface area (Å²) in [7, 11) is 1.47. The number of carbonyl (C=O) groups excluding carboxylic acids is 3. The van der Waals surface area contributed by atoms with Crippen LogP contribution in [0, 0.1) is 0 Å². The molecule has 1 unspecified atom stereocenters. The van der Waals surface area contributed by atoms with Crippen LogP contribution in [0.2, 0.25) is 0 Å². The van der Waals surface area contributed by atoms with E-state index in [4.69, 9.17) is 5.11 Å². The Morgan fingerprint density at radius 1 is 1.26 bits per heavy atom. The van der Waals surface area contributed by atoms with Gasteiger partial charge < -0.3 is 10.4 Å². The monoisotopic (exact) mass is 334 g/mol. The lowest BCUT2D eigenvalue weighted by Gasteiger charge is -2.09. The molecule has 2 N–H and O–H groups in total. The maximum Gasteiger partial charge on any atom is 0.328 e. The lowest BCUT2D eigenvalue weighted by atomic mass is 10.3. The molecule has 1 aromatic carbocycles. The van der Waals surface area contributed by atoms with E-state index in [0.29, 0.717) is 5.69 Å². The summed E-state index contributed by atoms with van der Waals surface area (Å²) in [4.78, 5) is 47.0. The maximum atomic E-state index is 11.8. The van der Waals surface area contributed by atoms with E-state index in [9.17, 15) is 19.2 Å². The third kappa shape index (κ3) is 4.43. The van der Waals surface area contributed by atoms with Crippen LogP contribution in [0.25, 0.3) is 0 Å². The molecule has 3 amide bonds. The average molecular weight is 334 g/mol. The first-order valence-corrected chi connectivity index (χ1v) is 7.54. The van der Waals surface area contributed by atoms with Crippen LogP contribution in [0.15, 0.2) is 41.3 Å². The van der Waals surface area contributed by atoms with Crippen LogP contribution in [-0.4, -0.2) is 46.0 Å². The molecular weight excluding hydrogens is 320 g/mol. The Bertz CT molecular complexity index is 684. The Morgan fingerprint density at radius 3 is 2.43 bits per heavy atom. The molecule has 1 saturated heterocycles. The number of aliphatic carboxylic acids is 1. The van der Waals surface area contributed by atoms with E-state index in [1.807, 2.05) is 0 Å². The van der Waals surface area contributed by atoms with Crippen LogP contribution >= 0.6 is 11.8 Å². The second-order valence-corrected chi connectivity index (χ2v) is 6.06.